The first kappa shape index (κ1) is 20.3. The van der Waals surface area contributed by atoms with Crippen LogP contribution in [0.5, 0.6) is 5.75 Å². The van der Waals surface area contributed by atoms with Gasteiger partial charge in [-0.3, -0.25) is 9.79 Å². The summed E-state index contributed by atoms with van der Waals surface area (Å²) >= 11 is 0. The molecule has 0 radical (unpaired) electrons. The van der Waals surface area contributed by atoms with Gasteiger partial charge in [0.15, 0.2) is 0 Å². The molecule has 1 aromatic carbocycles. The van der Waals surface area contributed by atoms with Gasteiger partial charge in [-0.2, -0.15) is 0 Å². The van der Waals surface area contributed by atoms with Crippen molar-refractivity contribution < 1.29 is 19.1 Å². The fourth-order valence-corrected chi connectivity index (χ4v) is 4.37. The monoisotopic (exact) mass is 383 g/mol. The van der Waals surface area contributed by atoms with Crippen LogP contribution in [0.3, 0.4) is 0 Å². The van der Waals surface area contributed by atoms with Crippen molar-refractivity contribution in [3.8, 4) is 5.75 Å². The van der Waals surface area contributed by atoms with E-state index in [2.05, 4.69) is 13.8 Å². The number of fused-ring (bicyclic) bond motifs is 1. The second-order valence-electron chi connectivity index (χ2n) is 8.26. The van der Waals surface area contributed by atoms with Gasteiger partial charge in [0.1, 0.15) is 11.5 Å². The van der Waals surface area contributed by atoms with Crippen LogP contribution in [0.15, 0.2) is 40.5 Å². The molecule has 2 atom stereocenters. The van der Waals surface area contributed by atoms with Crippen LogP contribution >= 0.6 is 0 Å². The lowest BCUT2D eigenvalue weighted by atomic mass is 9.63. The lowest BCUT2D eigenvalue weighted by Crippen LogP contribution is -2.44. The number of nitrogens with zero attached hydrogens (tertiary/aromatic N) is 1. The molecule has 1 aromatic rings. The Kier molecular flexibility index (Phi) is 5.73. The molecule has 1 heterocycles. The SMILES string of the molecule is CCOC(=O)C1=C(C)N=C2CC(C)(C)CC(=O)C2[C@@H]1c1ccc(OCC)cc1. The predicted octanol–water partition coefficient (Wildman–Crippen LogP) is 4.47. The maximum atomic E-state index is 13.1. The van der Waals surface area contributed by atoms with Gasteiger partial charge in [-0.15, -0.1) is 0 Å². The molecule has 150 valence electrons. The van der Waals surface area contributed by atoms with Gasteiger partial charge >= 0.3 is 5.97 Å². The van der Waals surface area contributed by atoms with Crippen molar-refractivity contribution in [1.82, 2.24) is 0 Å². The van der Waals surface area contributed by atoms with Crippen LogP contribution in [0.1, 0.15) is 58.9 Å². The summed E-state index contributed by atoms with van der Waals surface area (Å²) in [4.78, 5) is 30.6. The Balaban J connectivity index is 2.10. The first-order valence-corrected chi connectivity index (χ1v) is 9.98. The number of hydrogen-bond donors (Lipinski definition) is 0. The Morgan fingerprint density at radius 3 is 2.39 bits per heavy atom. The maximum absolute atomic E-state index is 13.1. The maximum Gasteiger partial charge on any atom is 0.336 e. The van der Waals surface area contributed by atoms with Crippen molar-refractivity contribution in [1.29, 1.82) is 0 Å². The number of allylic oxidation sites excluding steroid dienone is 1. The molecular formula is C23H29NO4. The number of ether oxygens (including phenoxy) is 2. The lowest BCUT2D eigenvalue weighted by molar-refractivity contribution is -0.139. The normalized spacial score (nSPS) is 23.8. The molecule has 0 bridgehead atoms. The van der Waals surface area contributed by atoms with Crippen LogP contribution in [-0.2, 0) is 14.3 Å². The number of carbonyl (C=O) groups excluding carboxylic acids is 2. The van der Waals surface area contributed by atoms with Gasteiger partial charge in [0.2, 0.25) is 0 Å². The van der Waals surface area contributed by atoms with Gasteiger partial charge in [0.05, 0.1) is 24.7 Å². The standard InChI is InChI=1S/C23H29NO4/c1-6-27-16-10-8-15(9-11-16)20-19(22(26)28-7-2)14(3)24-17-12-23(4,5)13-18(25)21(17)20/h8-11,20-21H,6-7,12-13H2,1-5H3/t20-,21?/m1/s1. The van der Waals surface area contributed by atoms with Crippen molar-refractivity contribution in [3.05, 3.63) is 41.1 Å². The molecule has 1 fully saturated rings. The highest BCUT2D eigenvalue weighted by molar-refractivity contribution is 6.12. The summed E-state index contributed by atoms with van der Waals surface area (Å²) in [6, 6.07) is 7.66. The molecule has 5 nitrogen and oxygen atoms in total. The van der Waals surface area contributed by atoms with E-state index in [1.165, 1.54) is 0 Å². The van der Waals surface area contributed by atoms with Crippen molar-refractivity contribution in [2.75, 3.05) is 13.2 Å². The van der Waals surface area contributed by atoms with Crippen LogP contribution in [0.4, 0.5) is 0 Å². The average molecular weight is 383 g/mol. The third-order valence-electron chi connectivity index (χ3n) is 5.41. The minimum Gasteiger partial charge on any atom is -0.494 e. The van der Waals surface area contributed by atoms with Crippen molar-refractivity contribution in [2.45, 2.75) is 53.4 Å². The summed E-state index contributed by atoms with van der Waals surface area (Å²) in [6.45, 7) is 10.6. The molecule has 0 N–H and O–H groups in total. The zero-order valence-electron chi connectivity index (χ0n) is 17.4. The smallest absolute Gasteiger partial charge is 0.336 e. The van der Waals surface area contributed by atoms with Crippen molar-refractivity contribution in [2.24, 2.45) is 16.3 Å². The fraction of sp³-hybridized carbons (Fsp3) is 0.522. The summed E-state index contributed by atoms with van der Waals surface area (Å²) in [6.07, 6.45) is 1.24. The van der Waals surface area contributed by atoms with E-state index in [9.17, 15) is 9.59 Å². The predicted molar refractivity (Wildman–Crippen MR) is 109 cm³/mol. The molecule has 5 heteroatoms. The molecular weight excluding hydrogens is 354 g/mol. The number of hydrogen-bond acceptors (Lipinski definition) is 5. The topological polar surface area (TPSA) is 65.0 Å². The van der Waals surface area contributed by atoms with E-state index in [1.54, 1.807) is 6.92 Å². The van der Waals surface area contributed by atoms with Crippen LogP contribution in [0.25, 0.3) is 0 Å². The Morgan fingerprint density at radius 2 is 1.79 bits per heavy atom. The van der Waals surface area contributed by atoms with Gasteiger partial charge in [0, 0.05) is 23.7 Å². The van der Waals surface area contributed by atoms with E-state index in [-0.39, 0.29) is 29.7 Å². The summed E-state index contributed by atoms with van der Waals surface area (Å²) in [5, 5.41) is 0. The van der Waals surface area contributed by atoms with Crippen LogP contribution in [0.2, 0.25) is 0 Å². The highest BCUT2D eigenvalue weighted by Gasteiger charge is 2.47. The molecule has 0 amide bonds. The van der Waals surface area contributed by atoms with Crippen LogP contribution in [-0.4, -0.2) is 30.7 Å². The van der Waals surface area contributed by atoms with E-state index in [4.69, 9.17) is 14.5 Å². The molecule has 3 rings (SSSR count). The van der Waals surface area contributed by atoms with Gasteiger partial charge in [-0.25, -0.2) is 4.79 Å². The Bertz CT molecular complexity index is 833. The number of carbonyl (C=O) groups is 2. The molecule has 0 saturated heterocycles. The second kappa shape index (κ2) is 7.90. The largest absolute Gasteiger partial charge is 0.494 e. The third-order valence-corrected chi connectivity index (χ3v) is 5.41. The fourth-order valence-electron chi connectivity index (χ4n) is 4.37. The molecule has 1 aliphatic heterocycles. The number of aliphatic imine (C=N–C) groups is 1. The molecule has 28 heavy (non-hydrogen) atoms. The summed E-state index contributed by atoms with van der Waals surface area (Å²) < 4.78 is 10.9. The molecule has 0 spiro atoms. The van der Waals surface area contributed by atoms with E-state index < -0.39 is 5.92 Å². The quantitative estimate of drug-likeness (QED) is 0.704. The second-order valence-corrected chi connectivity index (χ2v) is 8.26. The van der Waals surface area contributed by atoms with Gasteiger partial charge in [-0.05, 0) is 50.3 Å². The van der Waals surface area contributed by atoms with E-state index in [1.807, 2.05) is 38.1 Å². The zero-order chi connectivity index (χ0) is 20.5. The summed E-state index contributed by atoms with van der Waals surface area (Å²) in [5.74, 6) is -0.257. The third kappa shape index (κ3) is 3.89. The van der Waals surface area contributed by atoms with Gasteiger partial charge < -0.3 is 9.47 Å². The van der Waals surface area contributed by atoms with Crippen LogP contribution < -0.4 is 4.74 Å². The molecule has 1 unspecified atom stereocenters. The number of ketones is 1. The number of benzene rings is 1. The van der Waals surface area contributed by atoms with Gasteiger partial charge in [0.25, 0.3) is 0 Å². The Labute approximate surface area is 166 Å². The number of Topliss-reactive ketones (excluding diaryl/α,β-unsaturated/α-hetero) is 1. The van der Waals surface area contributed by atoms with E-state index in [0.29, 0.717) is 24.3 Å². The molecule has 2 aliphatic rings. The highest BCUT2D eigenvalue weighted by atomic mass is 16.5. The van der Waals surface area contributed by atoms with E-state index in [0.717, 1.165) is 23.4 Å². The molecule has 0 aromatic heterocycles. The number of rotatable bonds is 5. The minimum atomic E-state index is -0.408. The molecule has 1 saturated carbocycles. The van der Waals surface area contributed by atoms with Crippen molar-refractivity contribution in [3.63, 3.8) is 0 Å². The average Bonchev–Trinajstić information content (AvgIpc) is 2.60. The summed E-state index contributed by atoms with van der Waals surface area (Å²) in [7, 11) is 0. The van der Waals surface area contributed by atoms with Gasteiger partial charge in [-0.1, -0.05) is 26.0 Å². The number of esters is 1. The van der Waals surface area contributed by atoms with Crippen molar-refractivity contribution >= 4 is 17.5 Å². The Morgan fingerprint density at radius 1 is 1.11 bits per heavy atom. The molecule has 1 aliphatic carbocycles. The first-order chi connectivity index (χ1) is 13.3. The lowest BCUT2D eigenvalue weighted by Gasteiger charge is -2.41. The van der Waals surface area contributed by atoms with Crippen LogP contribution in [0, 0.1) is 11.3 Å². The first-order valence-electron chi connectivity index (χ1n) is 9.98. The minimum absolute atomic E-state index is 0.114. The summed E-state index contributed by atoms with van der Waals surface area (Å²) in [5.41, 5.74) is 2.82. The van der Waals surface area contributed by atoms with E-state index >= 15 is 0 Å². The Hall–Kier alpha value is -2.43. The zero-order valence-corrected chi connectivity index (χ0v) is 17.4. The highest BCUT2D eigenvalue weighted by Crippen LogP contribution is 2.47.